The van der Waals surface area contributed by atoms with E-state index in [1.807, 2.05) is 6.92 Å². The van der Waals surface area contributed by atoms with Gasteiger partial charge in [0.2, 0.25) is 0 Å². The fraction of sp³-hybridized carbons (Fsp3) is 0.667. The Morgan fingerprint density at radius 3 is 3.08 bits per heavy atom. The molecule has 1 unspecified atom stereocenters. The van der Waals surface area contributed by atoms with E-state index in [1.165, 1.54) is 0 Å². The van der Waals surface area contributed by atoms with Gasteiger partial charge in [-0.05, 0) is 20.3 Å². The van der Waals surface area contributed by atoms with Gasteiger partial charge in [-0.15, -0.1) is 0 Å². The van der Waals surface area contributed by atoms with E-state index in [9.17, 15) is 9.90 Å². The first-order valence-corrected chi connectivity index (χ1v) is 4.46. The Balaban J connectivity index is 2.70. The molecule has 1 rings (SSSR count). The first kappa shape index (κ1) is 10.1. The van der Waals surface area contributed by atoms with Crippen LogP contribution in [0.3, 0.4) is 0 Å². The van der Waals surface area contributed by atoms with Crippen LogP contribution in [0.25, 0.3) is 0 Å². The summed E-state index contributed by atoms with van der Waals surface area (Å²) in [5, 5.41) is 12.4. The summed E-state index contributed by atoms with van der Waals surface area (Å²) in [6.07, 6.45) is 0.532. The second-order valence-corrected chi connectivity index (χ2v) is 3.13. The Morgan fingerprint density at radius 1 is 1.77 bits per heavy atom. The van der Waals surface area contributed by atoms with Crippen molar-refractivity contribution in [1.29, 1.82) is 0 Å². The van der Waals surface area contributed by atoms with Crippen LogP contribution >= 0.6 is 0 Å². The highest BCUT2D eigenvalue weighted by atomic mass is 16.5. The van der Waals surface area contributed by atoms with Crippen molar-refractivity contribution in [3.63, 3.8) is 0 Å². The number of hydrogen-bond acceptors (Lipinski definition) is 4. The highest BCUT2D eigenvalue weighted by molar-refractivity contribution is 5.89. The van der Waals surface area contributed by atoms with Crippen molar-refractivity contribution in [1.82, 2.24) is 5.32 Å². The maximum Gasteiger partial charge on any atom is 0.337 e. The molecule has 1 aliphatic rings. The highest BCUT2D eigenvalue weighted by Crippen LogP contribution is 2.15. The normalized spacial score (nSPS) is 23.1. The van der Waals surface area contributed by atoms with Gasteiger partial charge in [0.25, 0.3) is 0 Å². The van der Waals surface area contributed by atoms with E-state index in [2.05, 4.69) is 5.32 Å². The number of carbonyl (C=O) groups excluding carboxylic acids is 1. The van der Waals surface area contributed by atoms with Crippen molar-refractivity contribution in [3.05, 3.63) is 11.3 Å². The van der Waals surface area contributed by atoms with Gasteiger partial charge in [0.05, 0.1) is 18.7 Å². The number of carbonyl (C=O) groups is 1. The summed E-state index contributed by atoms with van der Waals surface area (Å²) in [5.74, 6) is -0.287. The molecule has 0 amide bonds. The van der Waals surface area contributed by atoms with Crippen LogP contribution in [0.4, 0.5) is 0 Å². The Labute approximate surface area is 77.6 Å². The van der Waals surface area contributed by atoms with E-state index >= 15 is 0 Å². The summed E-state index contributed by atoms with van der Waals surface area (Å²) in [4.78, 5) is 11.3. The molecule has 0 aromatic carbocycles. The maximum atomic E-state index is 11.3. The lowest BCUT2D eigenvalue weighted by molar-refractivity contribution is -0.139. The first-order valence-electron chi connectivity index (χ1n) is 4.46. The summed E-state index contributed by atoms with van der Waals surface area (Å²) in [6, 6.07) is 0.218. The molecular formula is C9H15NO3. The van der Waals surface area contributed by atoms with E-state index in [-0.39, 0.29) is 11.8 Å². The predicted octanol–water partition coefficient (Wildman–Crippen LogP) is 0.743. The van der Waals surface area contributed by atoms with Gasteiger partial charge in [-0.3, -0.25) is 0 Å². The number of aliphatic hydroxyl groups excluding tert-OH is 1. The summed E-state index contributed by atoms with van der Waals surface area (Å²) in [5.41, 5.74) is 0.410. The Kier molecular flexibility index (Phi) is 3.31. The van der Waals surface area contributed by atoms with Gasteiger partial charge in [0.15, 0.2) is 0 Å². The molecule has 1 heterocycles. The second kappa shape index (κ2) is 4.28. The van der Waals surface area contributed by atoms with Crippen LogP contribution in [0.15, 0.2) is 11.3 Å². The molecule has 0 fully saturated rings. The molecule has 4 heteroatoms. The van der Waals surface area contributed by atoms with Crippen molar-refractivity contribution in [2.24, 2.45) is 0 Å². The summed E-state index contributed by atoms with van der Waals surface area (Å²) < 4.78 is 4.82. The number of nitrogens with one attached hydrogen (secondary N) is 1. The largest absolute Gasteiger partial charge is 0.510 e. The molecular weight excluding hydrogens is 170 g/mol. The van der Waals surface area contributed by atoms with Crippen LogP contribution in [-0.2, 0) is 9.53 Å². The predicted molar refractivity (Wildman–Crippen MR) is 48.4 cm³/mol. The molecule has 2 N–H and O–H groups in total. The molecule has 4 nitrogen and oxygen atoms in total. The van der Waals surface area contributed by atoms with Gasteiger partial charge in [0, 0.05) is 6.04 Å². The van der Waals surface area contributed by atoms with Gasteiger partial charge in [-0.2, -0.15) is 0 Å². The molecule has 0 aromatic rings. The van der Waals surface area contributed by atoms with Crippen molar-refractivity contribution in [3.8, 4) is 0 Å². The molecule has 1 atom stereocenters. The lowest BCUT2D eigenvalue weighted by atomic mass is 10.0. The van der Waals surface area contributed by atoms with Crippen LogP contribution in [-0.4, -0.2) is 30.3 Å². The molecule has 1 aliphatic heterocycles. The fourth-order valence-electron chi connectivity index (χ4n) is 1.29. The molecule has 13 heavy (non-hydrogen) atoms. The van der Waals surface area contributed by atoms with Crippen molar-refractivity contribution in [2.75, 3.05) is 13.2 Å². The van der Waals surface area contributed by atoms with E-state index < -0.39 is 5.97 Å². The van der Waals surface area contributed by atoms with Crippen LogP contribution < -0.4 is 5.32 Å². The topological polar surface area (TPSA) is 58.6 Å². The van der Waals surface area contributed by atoms with Crippen molar-refractivity contribution >= 4 is 5.97 Å². The monoisotopic (exact) mass is 185 g/mol. The number of aliphatic hydroxyl groups is 1. The van der Waals surface area contributed by atoms with Crippen LogP contribution in [0.1, 0.15) is 20.3 Å². The maximum absolute atomic E-state index is 11.3. The zero-order valence-corrected chi connectivity index (χ0v) is 7.96. The molecule has 0 bridgehead atoms. The van der Waals surface area contributed by atoms with E-state index in [0.29, 0.717) is 25.1 Å². The smallest absolute Gasteiger partial charge is 0.337 e. The van der Waals surface area contributed by atoms with Gasteiger partial charge in [-0.25, -0.2) is 4.79 Å². The molecule has 74 valence electrons. The SMILES string of the molecule is CCOC(=O)C1=C(O)CNC(C)C1. The molecule has 0 spiro atoms. The number of ether oxygens (including phenoxy) is 1. The minimum absolute atomic E-state index is 0.108. The highest BCUT2D eigenvalue weighted by Gasteiger charge is 2.23. The van der Waals surface area contributed by atoms with Gasteiger partial charge < -0.3 is 15.2 Å². The van der Waals surface area contributed by atoms with E-state index in [0.717, 1.165) is 0 Å². The quantitative estimate of drug-likeness (QED) is 0.623. The van der Waals surface area contributed by atoms with E-state index in [1.54, 1.807) is 6.92 Å². The average Bonchev–Trinajstić information content (AvgIpc) is 2.09. The summed E-state index contributed by atoms with van der Waals surface area (Å²) >= 11 is 0. The van der Waals surface area contributed by atoms with Gasteiger partial charge in [0.1, 0.15) is 5.76 Å². The summed E-state index contributed by atoms with van der Waals surface area (Å²) in [7, 11) is 0. The third-order valence-electron chi connectivity index (χ3n) is 2.00. The standard InChI is InChI=1S/C9H15NO3/c1-3-13-9(12)7-4-6(2)10-5-8(7)11/h6,10-11H,3-5H2,1-2H3. The Bertz CT molecular complexity index is 235. The number of esters is 1. The van der Waals surface area contributed by atoms with E-state index in [4.69, 9.17) is 4.74 Å². The first-order chi connectivity index (χ1) is 6.15. The van der Waals surface area contributed by atoms with Crippen LogP contribution in [0.2, 0.25) is 0 Å². The number of rotatable bonds is 2. The zero-order chi connectivity index (χ0) is 9.84. The van der Waals surface area contributed by atoms with Crippen LogP contribution in [0.5, 0.6) is 0 Å². The fourth-order valence-corrected chi connectivity index (χ4v) is 1.29. The minimum atomic E-state index is -0.395. The lowest BCUT2D eigenvalue weighted by Crippen LogP contribution is -2.35. The molecule has 0 saturated carbocycles. The Hall–Kier alpha value is -1.03. The molecule has 0 radical (unpaired) electrons. The third-order valence-corrected chi connectivity index (χ3v) is 2.00. The van der Waals surface area contributed by atoms with Crippen molar-refractivity contribution in [2.45, 2.75) is 26.3 Å². The second-order valence-electron chi connectivity index (χ2n) is 3.13. The average molecular weight is 185 g/mol. The summed E-state index contributed by atoms with van der Waals surface area (Å²) in [6.45, 7) is 4.42. The zero-order valence-electron chi connectivity index (χ0n) is 7.96. The Morgan fingerprint density at radius 2 is 2.46 bits per heavy atom. The molecule has 0 saturated heterocycles. The van der Waals surface area contributed by atoms with Gasteiger partial charge in [-0.1, -0.05) is 0 Å². The lowest BCUT2D eigenvalue weighted by Gasteiger charge is -2.21. The van der Waals surface area contributed by atoms with Crippen LogP contribution in [0, 0.1) is 0 Å². The molecule has 0 aliphatic carbocycles. The minimum Gasteiger partial charge on any atom is -0.510 e. The van der Waals surface area contributed by atoms with Crippen molar-refractivity contribution < 1.29 is 14.6 Å². The van der Waals surface area contributed by atoms with Gasteiger partial charge >= 0.3 is 5.97 Å². The third kappa shape index (κ3) is 2.45. The number of hydrogen-bond donors (Lipinski definition) is 2. The molecule has 0 aromatic heterocycles.